The van der Waals surface area contributed by atoms with Crippen LogP contribution in [0.1, 0.15) is 17.9 Å². The van der Waals surface area contributed by atoms with Crippen LogP contribution in [-0.4, -0.2) is 26.2 Å². The molecule has 0 spiro atoms. The smallest absolute Gasteiger partial charge is 0.332 e. The van der Waals surface area contributed by atoms with Crippen molar-refractivity contribution in [1.29, 1.82) is 5.41 Å². The molecule has 1 unspecified atom stereocenters. The van der Waals surface area contributed by atoms with E-state index in [1.54, 1.807) is 23.6 Å². The molecule has 162 valence electrons. The molecular formula is C19H18Cl2N6O3S. The van der Waals surface area contributed by atoms with E-state index < -0.39 is 23.1 Å². The van der Waals surface area contributed by atoms with Crippen molar-refractivity contribution in [3.05, 3.63) is 60.0 Å². The number of hydrogen-bond acceptors (Lipinski definition) is 7. The van der Waals surface area contributed by atoms with Crippen LogP contribution in [0.25, 0.3) is 11.3 Å². The molecule has 3 rings (SSSR count). The summed E-state index contributed by atoms with van der Waals surface area (Å²) in [6.07, 6.45) is 0.739. The van der Waals surface area contributed by atoms with E-state index >= 15 is 0 Å². The Balaban J connectivity index is 1.80. The maximum Gasteiger partial charge on any atom is 0.332 e. The Labute approximate surface area is 190 Å². The summed E-state index contributed by atoms with van der Waals surface area (Å²) in [6, 6.07) is 5.09. The standard InChI is InChI=1S/C19H18Cl2N6O3S/c1-26-16(23)15(17(29)27(2)19(26)30)10(7-22)6-14(28)25-18-24-13(8-31-18)9-3-4-11(20)12(21)5-9/h3-5,7-8,10,22H,6,23H2,1-2H3,(H,24,25,28). The van der Waals surface area contributed by atoms with Gasteiger partial charge in [-0.3, -0.25) is 18.7 Å². The topological polar surface area (TPSA) is 136 Å². The van der Waals surface area contributed by atoms with Gasteiger partial charge in [-0.1, -0.05) is 29.3 Å². The van der Waals surface area contributed by atoms with Crippen molar-refractivity contribution < 1.29 is 4.79 Å². The van der Waals surface area contributed by atoms with Gasteiger partial charge in [0.2, 0.25) is 5.91 Å². The highest BCUT2D eigenvalue weighted by molar-refractivity contribution is 7.14. The lowest BCUT2D eigenvalue weighted by atomic mass is 9.98. The summed E-state index contributed by atoms with van der Waals surface area (Å²) in [5, 5.41) is 13.3. The second kappa shape index (κ2) is 9.04. The molecule has 0 bridgehead atoms. The van der Waals surface area contributed by atoms with Crippen molar-refractivity contribution in [3.63, 3.8) is 0 Å². The lowest BCUT2D eigenvalue weighted by Gasteiger charge is -2.16. The molecule has 0 radical (unpaired) electrons. The van der Waals surface area contributed by atoms with E-state index in [4.69, 9.17) is 34.3 Å². The molecule has 0 saturated heterocycles. The van der Waals surface area contributed by atoms with Crippen LogP contribution in [0.2, 0.25) is 10.0 Å². The van der Waals surface area contributed by atoms with Crippen LogP contribution in [0, 0.1) is 5.41 Å². The average Bonchev–Trinajstić information content (AvgIpc) is 3.20. The second-order valence-electron chi connectivity index (χ2n) is 6.70. The molecular weight excluding hydrogens is 463 g/mol. The first-order chi connectivity index (χ1) is 14.6. The van der Waals surface area contributed by atoms with Gasteiger partial charge in [0.15, 0.2) is 5.13 Å². The number of benzene rings is 1. The number of amides is 1. The monoisotopic (exact) mass is 480 g/mol. The average molecular weight is 481 g/mol. The Morgan fingerprint density at radius 2 is 2.00 bits per heavy atom. The molecule has 1 atom stereocenters. The van der Waals surface area contributed by atoms with E-state index in [1.165, 1.54) is 25.4 Å². The van der Waals surface area contributed by atoms with E-state index in [9.17, 15) is 14.4 Å². The molecule has 0 aliphatic carbocycles. The molecule has 2 heterocycles. The van der Waals surface area contributed by atoms with Gasteiger partial charge in [-0.2, -0.15) is 0 Å². The quantitative estimate of drug-likeness (QED) is 0.465. The predicted molar refractivity (Wildman–Crippen MR) is 124 cm³/mol. The zero-order chi connectivity index (χ0) is 22.9. The largest absolute Gasteiger partial charge is 0.385 e. The van der Waals surface area contributed by atoms with Gasteiger partial charge >= 0.3 is 5.69 Å². The van der Waals surface area contributed by atoms with E-state index in [1.807, 2.05) is 0 Å². The molecule has 0 aliphatic rings. The molecule has 31 heavy (non-hydrogen) atoms. The fraction of sp³-hybridized carbons (Fsp3) is 0.211. The first-order valence-corrected chi connectivity index (χ1v) is 10.5. The predicted octanol–water partition coefficient (Wildman–Crippen LogP) is 2.86. The van der Waals surface area contributed by atoms with Gasteiger partial charge in [-0.25, -0.2) is 9.78 Å². The second-order valence-corrected chi connectivity index (χ2v) is 8.37. The number of carbonyl (C=O) groups is 1. The van der Waals surface area contributed by atoms with Crippen molar-refractivity contribution in [2.45, 2.75) is 12.3 Å². The van der Waals surface area contributed by atoms with Gasteiger partial charge in [0.1, 0.15) is 5.82 Å². The van der Waals surface area contributed by atoms with Gasteiger partial charge in [0.05, 0.1) is 21.3 Å². The molecule has 1 aromatic carbocycles. The number of nitrogens with zero attached hydrogens (tertiary/aromatic N) is 3. The lowest BCUT2D eigenvalue weighted by Crippen LogP contribution is -2.41. The van der Waals surface area contributed by atoms with Crippen LogP contribution in [0.15, 0.2) is 33.2 Å². The summed E-state index contributed by atoms with van der Waals surface area (Å²) in [6.45, 7) is 0. The van der Waals surface area contributed by atoms with Crippen molar-refractivity contribution in [3.8, 4) is 11.3 Å². The lowest BCUT2D eigenvalue weighted by molar-refractivity contribution is -0.116. The first kappa shape index (κ1) is 22.7. The Bertz CT molecular complexity index is 1300. The normalized spacial score (nSPS) is 11.9. The van der Waals surface area contributed by atoms with Crippen LogP contribution in [0.5, 0.6) is 0 Å². The highest BCUT2D eigenvalue weighted by atomic mass is 35.5. The summed E-state index contributed by atoms with van der Waals surface area (Å²) >= 11 is 13.2. The maximum atomic E-state index is 12.6. The van der Waals surface area contributed by atoms with E-state index in [0.29, 0.717) is 20.9 Å². The third-order valence-electron chi connectivity index (χ3n) is 4.69. The third kappa shape index (κ3) is 4.55. The van der Waals surface area contributed by atoms with E-state index in [-0.39, 0.29) is 17.8 Å². The van der Waals surface area contributed by atoms with Crippen LogP contribution in [0.3, 0.4) is 0 Å². The fourth-order valence-electron chi connectivity index (χ4n) is 2.97. The molecule has 9 nitrogen and oxygen atoms in total. The first-order valence-electron chi connectivity index (χ1n) is 8.90. The molecule has 0 fully saturated rings. The minimum Gasteiger partial charge on any atom is -0.385 e. The number of nitrogens with one attached hydrogen (secondary N) is 2. The number of thiazole rings is 1. The van der Waals surface area contributed by atoms with Gasteiger partial charge in [-0.05, 0) is 12.1 Å². The van der Waals surface area contributed by atoms with Gasteiger partial charge in [0.25, 0.3) is 5.56 Å². The number of nitrogens with two attached hydrogens (primary N) is 1. The summed E-state index contributed by atoms with van der Waals surface area (Å²) < 4.78 is 2.00. The summed E-state index contributed by atoms with van der Waals surface area (Å²) in [5.74, 6) is -1.44. The number of anilines is 2. The number of nitrogen functional groups attached to an aromatic ring is 1. The Morgan fingerprint density at radius 1 is 1.29 bits per heavy atom. The molecule has 4 N–H and O–H groups in total. The number of rotatable bonds is 6. The van der Waals surface area contributed by atoms with Crippen molar-refractivity contribution >= 4 is 57.6 Å². The summed E-state index contributed by atoms with van der Waals surface area (Å²) in [7, 11) is 2.73. The number of aromatic nitrogens is 3. The van der Waals surface area contributed by atoms with Crippen molar-refractivity contribution in [1.82, 2.24) is 14.1 Å². The Morgan fingerprint density at radius 3 is 2.65 bits per heavy atom. The van der Waals surface area contributed by atoms with Crippen LogP contribution >= 0.6 is 34.5 Å². The molecule has 3 aromatic rings. The summed E-state index contributed by atoms with van der Waals surface area (Å²) in [5.41, 5.74) is 6.08. The fourth-order valence-corrected chi connectivity index (χ4v) is 4.00. The maximum absolute atomic E-state index is 12.6. The third-order valence-corrected chi connectivity index (χ3v) is 6.19. The molecule has 1 amide bonds. The zero-order valence-corrected chi connectivity index (χ0v) is 18.8. The highest BCUT2D eigenvalue weighted by Crippen LogP contribution is 2.30. The highest BCUT2D eigenvalue weighted by Gasteiger charge is 2.24. The molecule has 0 saturated carbocycles. The Kier molecular flexibility index (Phi) is 6.63. The van der Waals surface area contributed by atoms with Gasteiger partial charge < -0.3 is 16.5 Å². The van der Waals surface area contributed by atoms with Crippen LogP contribution in [-0.2, 0) is 18.9 Å². The van der Waals surface area contributed by atoms with Gasteiger partial charge in [-0.15, -0.1) is 11.3 Å². The van der Waals surface area contributed by atoms with Gasteiger partial charge in [0, 0.05) is 43.6 Å². The number of halogens is 2. The van der Waals surface area contributed by atoms with Crippen molar-refractivity contribution in [2.75, 3.05) is 11.1 Å². The molecule has 12 heteroatoms. The van der Waals surface area contributed by atoms with Crippen LogP contribution in [0.4, 0.5) is 10.9 Å². The van der Waals surface area contributed by atoms with Crippen LogP contribution < -0.4 is 22.3 Å². The SMILES string of the molecule is Cn1c(N)c(C(C=N)CC(=O)Nc2nc(-c3ccc(Cl)c(Cl)c3)cs2)c(=O)n(C)c1=O. The minimum atomic E-state index is -0.903. The van der Waals surface area contributed by atoms with E-state index in [2.05, 4.69) is 10.3 Å². The van der Waals surface area contributed by atoms with Crippen molar-refractivity contribution in [2.24, 2.45) is 14.1 Å². The summed E-state index contributed by atoms with van der Waals surface area (Å²) in [4.78, 5) is 41.4. The Hall–Kier alpha value is -2.95. The molecule has 2 aromatic heterocycles. The zero-order valence-electron chi connectivity index (χ0n) is 16.5. The minimum absolute atomic E-state index is 0.0189. The van der Waals surface area contributed by atoms with E-state index in [0.717, 1.165) is 20.9 Å². The number of hydrogen-bond donors (Lipinski definition) is 3. The number of carbonyl (C=O) groups excluding carboxylic acids is 1. The molecule has 0 aliphatic heterocycles.